The van der Waals surface area contributed by atoms with Crippen molar-refractivity contribution in [2.45, 2.75) is 13.8 Å². The van der Waals surface area contributed by atoms with E-state index < -0.39 is 0 Å². The Hall–Kier alpha value is -2.78. The molecule has 0 atom stereocenters. The van der Waals surface area contributed by atoms with Gasteiger partial charge in [-0.3, -0.25) is 0 Å². The maximum Gasteiger partial charge on any atom is 0.137 e. The Morgan fingerprint density at radius 2 is 1.81 bits per heavy atom. The summed E-state index contributed by atoms with van der Waals surface area (Å²) in [6, 6.07) is 16.3. The van der Waals surface area contributed by atoms with Crippen molar-refractivity contribution in [3.05, 3.63) is 81.4 Å². The van der Waals surface area contributed by atoms with E-state index in [0.717, 1.165) is 57.4 Å². The molecule has 3 nitrogen and oxygen atoms in total. The summed E-state index contributed by atoms with van der Waals surface area (Å²) in [5.74, 6) is 1.67. The molecule has 1 aliphatic rings. The first kappa shape index (κ1) is 17.6. The Kier molecular flexibility index (Phi) is 4.63. The van der Waals surface area contributed by atoms with E-state index in [2.05, 4.69) is 54.6 Å². The molecule has 136 valence electrons. The molecular formula is C23H21ClN2O. The third kappa shape index (κ3) is 3.19. The van der Waals surface area contributed by atoms with Crippen LogP contribution in [-0.2, 0) is 0 Å². The summed E-state index contributed by atoms with van der Waals surface area (Å²) >= 11 is 6.00. The zero-order valence-electron chi connectivity index (χ0n) is 15.5. The second-order valence-corrected chi connectivity index (χ2v) is 6.92. The van der Waals surface area contributed by atoms with E-state index in [4.69, 9.17) is 16.3 Å². The monoisotopic (exact) mass is 376 g/mol. The summed E-state index contributed by atoms with van der Waals surface area (Å²) in [7, 11) is 0. The highest BCUT2D eigenvalue weighted by atomic mass is 35.5. The number of fused-ring (bicyclic) bond motifs is 2. The molecule has 4 heteroatoms. The molecule has 4 rings (SSSR count). The number of rotatable bonds is 4. The first-order valence-electron chi connectivity index (χ1n) is 9.13. The number of nitrogens with zero attached hydrogens (tertiary/aromatic N) is 2. The maximum absolute atomic E-state index is 6.28. The largest absolute Gasteiger partial charge is 0.456 e. The van der Waals surface area contributed by atoms with Gasteiger partial charge in [-0.05, 0) is 49.4 Å². The van der Waals surface area contributed by atoms with Crippen molar-refractivity contribution in [3.63, 3.8) is 0 Å². The summed E-state index contributed by atoms with van der Waals surface area (Å²) in [5, 5.41) is 2.44. The van der Waals surface area contributed by atoms with Crippen LogP contribution < -0.4 is 20.1 Å². The van der Waals surface area contributed by atoms with Gasteiger partial charge < -0.3 is 9.64 Å². The molecule has 0 saturated heterocycles. The van der Waals surface area contributed by atoms with Crippen molar-refractivity contribution in [1.82, 2.24) is 4.98 Å². The number of hydrogen-bond donors (Lipinski definition) is 0. The standard InChI is InChI=1S/C23H21ClN2O/c1-4-26(5-2)17-8-10-19-21(13-17)27-20-12-15(3)6-9-18(20)23(19)16-7-11-22(24)25-14-16/h6-14H,3-5H2,1-2H3. The van der Waals surface area contributed by atoms with Gasteiger partial charge in [-0.25, -0.2) is 4.98 Å². The number of hydrogen-bond acceptors (Lipinski definition) is 3. The van der Waals surface area contributed by atoms with E-state index in [1.165, 1.54) is 0 Å². The molecule has 1 aliphatic heterocycles. The second-order valence-electron chi connectivity index (χ2n) is 6.53. The molecular weight excluding hydrogens is 356 g/mol. The van der Waals surface area contributed by atoms with Gasteiger partial charge >= 0.3 is 0 Å². The molecule has 27 heavy (non-hydrogen) atoms. The van der Waals surface area contributed by atoms with Crippen LogP contribution in [0.4, 0.5) is 5.69 Å². The van der Waals surface area contributed by atoms with Gasteiger partial charge in [0.2, 0.25) is 0 Å². The summed E-state index contributed by atoms with van der Waals surface area (Å²) in [6.45, 7) is 10.3. The molecule has 1 aromatic heterocycles. The number of halogens is 1. The Morgan fingerprint density at radius 3 is 2.52 bits per heavy atom. The van der Waals surface area contributed by atoms with Crippen molar-refractivity contribution in [1.29, 1.82) is 0 Å². The van der Waals surface area contributed by atoms with Gasteiger partial charge in [-0.15, -0.1) is 0 Å². The fraction of sp³-hybridized carbons (Fsp3) is 0.174. The lowest BCUT2D eigenvalue weighted by atomic mass is 9.93. The second kappa shape index (κ2) is 7.09. The third-order valence-corrected chi connectivity index (χ3v) is 5.14. The van der Waals surface area contributed by atoms with Gasteiger partial charge in [-0.1, -0.05) is 30.3 Å². The van der Waals surface area contributed by atoms with Crippen LogP contribution >= 0.6 is 11.6 Å². The van der Waals surface area contributed by atoms with E-state index in [0.29, 0.717) is 5.15 Å². The van der Waals surface area contributed by atoms with E-state index in [1.807, 2.05) is 30.5 Å². The molecule has 0 amide bonds. The highest BCUT2D eigenvalue weighted by molar-refractivity contribution is 6.29. The van der Waals surface area contributed by atoms with Crippen molar-refractivity contribution >= 4 is 29.4 Å². The highest BCUT2D eigenvalue weighted by Crippen LogP contribution is 2.38. The van der Waals surface area contributed by atoms with Gasteiger partial charge in [-0.2, -0.15) is 0 Å². The van der Waals surface area contributed by atoms with Gasteiger partial charge in [0.1, 0.15) is 16.7 Å². The number of anilines is 1. The third-order valence-electron chi connectivity index (χ3n) is 4.91. The normalized spacial score (nSPS) is 12.2. The molecule has 0 N–H and O–H groups in total. The van der Waals surface area contributed by atoms with Crippen LogP contribution in [-0.4, -0.2) is 18.1 Å². The van der Waals surface area contributed by atoms with Gasteiger partial charge in [0.15, 0.2) is 0 Å². The minimum absolute atomic E-state index is 0.483. The van der Waals surface area contributed by atoms with E-state index >= 15 is 0 Å². The number of aromatic nitrogens is 1. The number of benzene rings is 2. The summed E-state index contributed by atoms with van der Waals surface area (Å²) in [6.07, 6.45) is 1.81. The zero-order valence-corrected chi connectivity index (χ0v) is 16.3. The van der Waals surface area contributed by atoms with E-state index in [1.54, 1.807) is 0 Å². The quantitative estimate of drug-likeness (QED) is 0.495. The molecule has 0 aliphatic carbocycles. The maximum atomic E-state index is 6.28. The summed E-state index contributed by atoms with van der Waals surface area (Å²) < 4.78 is 6.28. The smallest absolute Gasteiger partial charge is 0.137 e. The lowest BCUT2D eigenvalue weighted by Crippen LogP contribution is -2.23. The molecule has 2 heterocycles. The average molecular weight is 377 g/mol. The minimum atomic E-state index is 0.483. The lowest BCUT2D eigenvalue weighted by molar-refractivity contribution is 0.472. The van der Waals surface area contributed by atoms with Crippen LogP contribution in [0, 0.1) is 0 Å². The fourth-order valence-electron chi connectivity index (χ4n) is 3.54. The Labute approximate surface area is 164 Å². The van der Waals surface area contributed by atoms with Crippen molar-refractivity contribution in [3.8, 4) is 11.5 Å². The Bertz CT molecular complexity index is 1100. The van der Waals surface area contributed by atoms with Crippen LogP contribution in [0.2, 0.25) is 5.15 Å². The molecule has 0 saturated carbocycles. The van der Waals surface area contributed by atoms with Crippen molar-refractivity contribution in [2.75, 3.05) is 18.0 Å². The predicted octanol–water partition coefficient (Wildman–Crippen LogP) is 4.34. The molecule has 0 radical (unpaired) electrons. The van der Waals surface area contributed by atoms with Gasteiger partial charge in [0.05, 0.1) is 0 Å². The summed E-state index contributed by atoms with van der Waals surface area (Å²) in [5.41, 5.74) is 4.32. The van der Waals surface area contributed by atoms with E-state index in [9.17, 15) is 0 Å². The molecule has 0 spiro atoms. The van der Waals surface area contributed by atoms with Crippen LogP contribution in [0.5, 0.6) is 11.5 Å². The summed E-state index contributed by atoms with van der Waals surface area (Å²) in [4.78, 5) is 6.58. The predicted molar refractivity (Wildman–Crippen MR) is 112 cm³/mol. The van der Waals surface area contributed by atoms with Gasteiger partial charge in [0.25, 0.3) is 0 Å². The Morgan fingerprint density at radius 1 is 1.00 bits per heavy atom. The number of pyridine rings is 1. The number of ether oxygens (including phenoxy) is 1. The molecule has 0 fully saturated rings. The Balaban J connectivity index is 1.98. The van der Waals surface area contributed by atoms with Crippen LogP contribution in [0.25, 0.3) is 12.2 Å². The average Bonchev–Trinajstić information content (AvgIpc) is 2.67. The molecule has 0 bridgehead atoms. The first-order valence-corrected chi connectivity index (χ1v) is 9.51. The van der Waals surface area contributed by atoms with Crippen molar-refractivity contribution < 1.29 is 4.74 Å². The van der Waals surface area contributed by atoms with Crippen LogP contribution in [0.15, 0.2) is 54.7 Å². The van der Waals surface area contributed by atoms with Crippen molar-refractivity contribution in [2.24, 2.45) is 0 Å². The first-order chi connectivity index (χ1) is 13.1. The fourth-order valence-corrected chi connectivity index (χ4v) is 3.66. The van der Waals surface area contributed by atoms with E-state index in [-0.39, 0.29) is 0 Å². The highest BCUT2D eigenvalue weighted by Gasteiger charge is 2.21. The molecule has 3 aromatic rings. The molecule has 2 aromatic carbocycles. The van der Waals surface area contributed by atoms with Gasteiger partial charge in [0, 0.05) is 53.0 Å². The topological polar surface area (TPSA) is 25.4 Å². The SMILES string of the molecule is C=c1ccc2c(c1)Oc1cc(N(CC)CC)ccc1C=2c1ccc(Cl)nc1. The van der Waals surface area contributed by atoms with Crippen LogP contribution in [0.3, 0.4) is 0 Å². The minimum Gasteiger partial charge on any atom is -0.456 e. The molecule has 0 unspecified atom stereocenters. The zero-order chi connectivity index (χ0) is 19.0. The van der Waals surface area contributed by atoms with Crippen LogP contribution in [0.1, 0.15) is 25.0 Å². The lowest BCUT2D eigenvalue weighted by Gasteiger charge is -2.25.